The summed E-state index contributed by atoms with van der Waals surface area (Å²) in [5, 5.41) is 7.85. The molecule has 0 N–H and O–H groups in total. The second kappa shape index (κ2) is 5.45. The molecule has 0 aliphatic carbocycles. The Hall–Kier alpha value is -2.67. The number of rotatable bonds is 3. The number of hydrogen-bond donors (Lipinski definition) is 0. The average Bonchev–Trinajstić information content (AvgIpc) is 3.22. The summed E-state index contributed by atoms with van der Waals surface area (Å²) >= 11 is 0. The number of fused-ring (bicyclic) bond motifs is 1. The van der Waals surface area contributed by atoms with E-state index in [-0.39, 0.29) is 10.9 Å². The van der Waals surface area contributed by atoms with Gasteiger partial charge in [-0.1, -0.05) is 48.5 Å². The van der Waals surface area contributed by atoms with Crippen LogP contribution in [0.15, 0.2) is 65.8 Å². The second-order valence-electron chi connectivity index (χ2n) is 5.82. The molecule has 7 heteroatoms. The fourth-order valence-electron chi connectivity index (χ4n) is 3.07. The molecule has 0 spiro atoms. The van der Waals surface area contributed by atoms with E-state index in [1.54, 1.807) is 12.1 Å². The smallest absolute Gasteiger partial charge is 0.264 e. The molecular formula is C17H16N4O2S. The maximum Gasteiger partial charge on any atom is 0.283 e. The summed E-state index contributed by atoms with van der Waals surface area (Å²) in [6.45, 7) is 2.45. The zero-order valence-corrected chi connectivity index (χ0v) is 13.9. The average molecular weight is 340 g/mol. The Labute approximate surface area is 140 Å². The summed E-state index contributed by atoms with van der Waals surface area (Å²) in [6.07, 6.45) is 1.30. The number of aromatic nitrogens is 3. The Morgan fingerprint density at radius 2 is 1.75 bits per heavy atom. The van der Waals surface area contributed by atoms with Gasteiger partial charge >= 0.3 is 0 Å². The molecule has 0 bridgehead atoms. The van der Waals surface area contributed by atoms with Gasteiger partial charge in [-0.05, 0) is 23.8 Å². The van der Waals surface area contributed by atoms with Crippen molar-refractivity contribution in [2.24, 2.45) is 0 Å². The number of sulfonamides is 1. The van der Waals surface area contributed by atoms with Crippen LogP contribution in [0.5, 0.6) is 0 Å². The first kappa shape index (κ1) is 14.9. The van der Waals surface area contributed by atoms with Crippen molar-refractivity contribution in [1.29, 1.82) is 0 Å². The quantitative estimate of drug-likeness (QED) is 0.735. The van der Waals surface area contributed by atoms with Gasteiger partial charge in [0, 0.05) is 12.5 Å². The van der Waals surface area contributed by atoms with E-state index in [9.17, 15) is 8.42 Å². The molecule has 2 aromatic carbocycles. The molecular weight excluding hydrogens is 324 g/mol. The van der Waals surface area contributed by atoms with Crippen LogP contribution in [0, 0.1) is 0 Å². The molecule has 1 aliphatic heterocycles. The topological polar surface area (TPSA) is 68.1 Å². The van der Waals surface area contributed by atoms with E-state index in [1.807, 2.05) is 49.4 Å². The van der Waals surface area contributed by atoms with E-state index in [1.165, 1.54) is 15.2 Å². The molecule has 1 aliphatic rings. The molecule has 1 aromatic heterocycles. The van der Waals surface area contributed by atoms with E-state index in [2.05, 4.69) is 10.3 Å². The van der Waals surface area contributed by atoms with Crippen molar-refractivity contribution < 1.29 is 8.42 Å². The van der Waals surface area contributed by atoms with Crippen LogP contribution >= 0.6 is 0 Å². The molecule has 0 fully saturated rings. The molecule has 0 saturated heterocycles. The Morgan fingerprint density at radius 3 is 2.54 bits per heavy atom. The maximum absolute atomic E-state index is 13.2. The second-order valence-corrected chi connectivity index (χ2v) is 7.62. The third-order valence-corrected chi connectivity index (χ3v) is 5.98. The van der Waals surface area contributed by atoms with Gasteiger partial charge in [-0.2, -0.15) is 13.1 Å². The highest BCUT2D eigenvalue weighted by molar-refractivity contribution is 7.92. The van der Waals surface area contributed by atoms with E-state index in [4.69, 9.17) is 0 Å². The Bertz CT molecular complexity index is 983. The lowest BCUT2D eigenvalue weighted by atomic mass is 10.0. The maximum atomic E-state index is 13.2. The largest absolute Gasteiger partial charge is 0.283 e. The monoisotopic (exact) mass is 340 g/mol. The van der Waals surface area contributed by atoms with Gasteiger partial charge in [0.25, 0.3) is 10.0 Å². The standard InChI is InChI=1S/C17H16N4O2S/c1-13-12-20(16-10-6-5-9-15(13)16)24(22,23)17-11-18-19-21(17)14-7-3-2-4-8-14/h2-11,13H,12H2,1H3. The zero-order chi connectivity index (χ0) is 16.7. The van der Waals surface area contributed by atoms with Gasteiger partial charge in [0.05, 0.1) is 17.6 Å². The lowest BCUT2D eigenvalue weighted by molar-refractivity contribution is 0.580. The summed E-state index contributed by atoms with van der Waals surface area (Å²) in [5.74, 6) is 0.150. The summed E-state index contributed by atoms with van der Waals surface area (Å²) in [5.41, 5.74) is 2.43. The van der Waals surface area contributed by atoms with Crippen LogP contribution in [0.25, 0.3) is 5.69 Å². The third kappa shape index (κ3) is 2.20. The molecule has 3 aromatic rings. The van der Waals surface area contributed by atoms with Crippen LogP contribution in [0.3, 0.4) is 0 Å². The summed E-state index contributed by atoms with van der Waals surface area (Å²) < 4.78 is 29.3. The number of benzene rings is 2. The number of anilines is 1. The fraction of sp³-hybridized carbons (Fsp3) is 0.176. The summed E-state index contributed by atoms with van der Waals surface area (Å²) in [6, 6.07) is 16.7. The van der Waals surface area contributed by atoms with Crippen molar-refractivity contribution in [3.8, 4) is 5.69 Å². The van der Waals surface area contributed by atoms with Crippen LogP contribution < -0.4 is 4.31 Å². The molecule has 0 saturated carbocycles. The molecule has 2 heterocycles. The van der Waals surface area contributed by atoms with Gasteiger partial charge in [0.1, 0.15) is 0 Å². The van der Waals surface area contributed by atoms with Crippen molar-refractivity contribution in [2.45, 2.75) is 17.9 Å². The van der Waals surface area contributed by atoms with Crippen LogP contribution in [0.1, 0.15) is 18.4 Å². The third-order valence-electron chi connectivity index (χ3n) is 4.25. The SMILES string of the molecule is CC1CN(S(=O)(=O)c2cnnn2-c2ccccc2)c2ccccc21. The predicted molar refractivity (Wildman–Crippen MR) is 90.7 cm³/mol. The molecule has 4 rings (SSSR count). The summed E-state index contributed by atoms with van der Waals surface area (Å²) in [7, 11) is -3.75. The number of hydrogen-bond acceptors (Lipinski definition) is 4. The van der Waals surface area contributed by atoms with Crippen molar-refractivity contribution >= 4 is 15.7 Å². The van der Waals surface area contributed by atoms with Crippen molar-refractivity contribution in [1.82, 2.24) is 15.0 Å². The molecule has 1 unspecified atom stereocenters. The van der Waals surface area contributed by atoms with E-state index >= 15 is 0 Å². The Morgan fingerprint density at radius 1 is 1.04 bits per heavy atom. The van der Waals surface area contributed by atoms with E-state index < -0.39 is 10.0 Å². The van der Waals surface area contributed by atoms with Gasteiger partial charge in [0.15, 0.2) is 5.03 Å². The Kier molecular flexibility index (Phi) is 3.38. The molecule has 0 amide bonds. The van der Waals surface area contributed by atoms with Crippen LogP contribution in [0.2, 0.25) is 0 Å². The van der Waals surface area contributed by atoms with Gasteiger partial charge in [0.2, 0.25) is 0 Å². The minimum Gasteiger partial charge on any atom is -0.264 e. The highest BCUT2D eigenvalue weighted by Crippen LogP contribution is 2.39. The van der Waals surface area contributed by atoms with Crippen molar-refractivity contribution in [3.63, 3.8) is 0 Å². The molecule has 122 valence electrons. The fourth-order valence-corrected chi connectivity index (χ4v) is 4.68. The van der Waals surface area contributed by atoms with Gasteiger partial charge < -0.3 is 0 Å². The normalized spacial score (nSPS) is 17.0. The highest BCUT2D eigenvalue weighted by Gasteiger charge is 2.36. The Balaban J connectivity index is 1.83. The molecule has 6 nitrogen and oxygen atoms in total. The van der Waals surface area contributed by atoms with E-state index in [0.717, 1.165) is 11.3 Å². The van der Waals surface area contributed by atoms with Gasteiger partial charge in [-0.25, -0.2) is 0 Å². The predicted octanol–water partition coefficient (Wildman–Crippen LogP) is 2.58. The minimum atomic E-state index is -3.75. The van der Waals surface area contributed by atoms with Crippen LogP contribution in [-0.2, 0) is 10.0 Å². The molecule has 1 atom stereocenters. The first-order valence-electron chi connectivity index (χ1n) is 7.67. The number of para-hydroxylation sites is 2. The lowest BCUT2D eigenvalue weighted by Crippen LogP contribution is -2.31. The summed E-state index contributed by atoms with van der Waals surface area (Å²) in [4.78, 5) is 0. The molecule has 0 radical (unpaired) electrons. The van der Waals surface area contributed by atoms with Crippen molar-refractivity contribution in [2.75, 3.05) is 10.8 Å². The van der Waals surface area contributed by atoms with Crippen LogP contribution in [0.4, 0.5) is 5.69 Å². The van der Waals surface area contributed by atoms with E-state index in [0.29, 0.717) is 12.2 Å². The van der Waals surface area contributed by atoms with Crippen LogP contribution in [-0.4, -0.2) is 30.0 Å². The first-order valence-corrected chi connectivity index (χ1v) is 9.11. The number of nitrogens with zero attached hydrogens (tertiary/aromatic N) is 4. The highest BCUT2D eigenvalue weighted by atomic mass is 32.2. The first-order chi connectivity index (χ1) is 11.6. The van der Waals surface area contributed by atoms with Gasteiger partial charge in [-0.15, -0.1) is 5.10 Å². The lowest BCUT2D eigenvalue weighted by Gasteiger charge is -2.19. The molecule has 24 heavy (non-hydrogen) atoms. The van der Waals surface area contributed by atoms with Crippen molar-refractivity contribution in [3.05, 3.63) is 66.4 Å². The minimum absolute atomic E-state index is 0.0672. The van der Waals surface area contributed by atoms with Gasteiger partial charge in [-0.3, -0.25) is 4.31 Å². The zero-order valence-electron chi connectivity index (χ0n) is 13.1.